The second-order valence-corrected chi connectivity index (χ2v) is 4.61. The number of hydrogen-bond donors (Lipinski definition) is 1. The number of aromatic nitrogens is 2. The summed E-state index contributed by atoms with van der Waals surface area (Å²) in [6.45, 7) is 7.76. The van der Waals surface area contributed by atoms with E-state index in [1.165, 1.54) is 6.42 Å². The molecule has 0 radical (unpaired) electrons. The van der Waals surface area contributed by atoms with E-state index in [0.29, 0.717) is 5.92 Å². The van der Waals surface area contributed by atoms with Gasteiger partial charge in [0.1, 0.15) is 0 Å². The summed E-state index contributed by atoms with van der Waals surface area (Å²) in [5, 5.41) is 11.5. The smallest absolute Gasteiger partial charge is 0.0771 e. The second-order valence-electron chi connectivity index (χ2n) is 4.61. The first kappa shape index (κ1) is 11.5. The van der Waals surface area contributed by atoms with Gasteiger partial charge in [-0.25, -0.2) is 0 Å². The maximum absolute atomic E-state index is 4.14. The number of nitrogens with zero attached hydrogens (tertiary/aromatic N) is 3. The van der Waals surface area contributed by atoms with Gasteiger partial charge in [0.05, 0.1) is 5.69 Å². The van der Waals surface area contributed by atoms with E-state index in [-0.39, 0.29) is 0 Å². The Bertz CT molecular complexity index is 301. The van der Waals surface area contributed by atoms with Crippen molar-refractivity contribution in [3.8, 4) is 0 Å². The molecule has 1 atom stereocenters. The SMILES string of the molecule is CC1CNCCCN(Cc2cccnn2)C1. The molecule has 1 aromatic rings. The maximum atomic E-state index is 4.14. The zero-order valence-corrected chi connectivity index (χ0v) is 9.89. The van der Waals surface area contributed by atoms with E-state index in [9.17, 15) is 0 Å². The van der Waals surface area contributed by atoms with Gasteiger partial charge in [0.2, 0.25) is 0 Å². The molecule has 1 aliphatic rings. The number of nitrogens with one attached hydrogen (secondary N) is 1. The molecule has 2 heterocycles. The van der Waals surface area contributed by atoms with Gasteiger partial charge < -0.3 is 5.32 Å². The Hall–Kier alpha value is -1.00. The van der Waals surface area contributed by atoms with Gasteiger partial charge in [-0.1, -0.05) is 6.92 Å². The van der Waals surface area contributed by atoms with Crippen molar-refractivity contribution in [3.05, 3.63) is 24.0 Å². The molecule has 88 valence electrons. The molecule has 0 amide bonds. The van der Waals surface area contributed by atoms with Crippen LogP contribution >= 0.6 is 0 Å². The molecule has 0 spiro atoms. The summed E-state index contributed by atoms with van der Waals surface area (Å²) in [4.78, 5) is 2.48. The Morgan fingerprint density at radius 2 is 2.50 bits per heavy atom. The van der Waals surface area contributed by atoms with Crippen molar-refractivity contribution in [3.63, 3.8) is 0 Å². The van der Waals surface area contributed by atoms with Crippen molar-refractivity contribution in [2.75, 3.05) is 26.2 Å². The molecule has 2 rings (SSSR count). The molecule has 1 saturated heterocycles. The first-order valence-corrected chi connectivity index (χ1v) is 6.04. The first-order valence-electron chi connectivity index (χ1n) is 6.04. The molecular weight excluding hydrogens is 200 g/mol. The number of hydrogen-bond acceptors (Lipinski definition) is 4. The van der Waals surface area contributed by atoms with Gasteiger partial charge in [-0.05, 0) is 44.1 Å². The van der Waals surface area contributed by atoms with Gasteiger partial charge in [0.15, 0.2) is 0 Å². The van der Waals surface area contributed by atoms with Crippen LogP contribution in [0, 0.1) is 5.92 Å². The molecule has 1 unspecified atom stereocenters. The van der Waals surface area contributed by atoms with E-state index in [4.69, 9.17) is 0 Å². The highest BCUT2D eigenvalue weighted by molar-refractivity contribution is 4.98. The summed E-state index contributed by atoms with van der Waals surface area (Å²) in [6.07, 6.45) is 2.94. The Labute approximate surface area is 97.1 Å². The highest BCUT2D eigenvalue weighted by Gasteiger charge is 2.13. The van der Waals surface area contributed by atoms with Crippen molar-refractivity contribution >= 4 is 0 Å². The predicted molar refractivity (Wildman–Crippen MR) is 64.0 cm³/mol. The van der Waals surface area contributed by atoms with E-state index in [1.54, 1.807) is 6.20 Å². The summed E-state index contributed by atoms with van der Waals surface area (Å²) < 4.78 is 0. The van der Waals surface area contributed by atoms with Crippen LogP contribution in [0.25, 0.3) is 0 Å². The van der Waals surface area contributed by atoms with Crippen LogP contribution in [0.2, 0.25) is 0 Å². The fourth-order valence-corrected chi connectivity index (χ4v) is 2.16. The van der Waals surface area contributed by atoms with E-state index < -0.39 is 0 Å². The van der Waals surface area contributed by atoms with Crippen LogP contribution in [0.5, 0.6) is 0 Å². The van der Waals surface area contributed by atoms with Crippen LogP contribution in [0.15, 0.2) is 18.3 Å². The van der Waals surface area contributed by atoms with Crippen LogP contribution in [0.4, 0.5) is 0 Å². The maximum Gasteiger partial charge on any atom is 0.0771 e. The molecule has 4 heteroatoms. The third-order valence-corrected chi connectivity index (χ3v) is 2.90. The summed E-state index contributed by atoms with van der Waals surface area (Å²) >= 11 is 0. The van der Waals surface area contributed by atoms with Crippen LogP contribution in [-0.4, -0.2) is 41.3 Å². The minimum Gasteiger partial charge on any atom is -0.316 e. The number of rotatable bonds is 2. The van der Waals surface area contributed by atoms with Gasteiger partial charge in [0, 0.05) is 19.3 Å². The normalized spacial score (nSPS) is 23.7. The van der Waals surface area contributed by atoms with Gasteiger partial charge in [-0.2, -0.15) is 10.2 Å². The Morgan fingerprint density at radius 3 is 3.31 bits per heavy atom. The average molecular weight is 220 g/mol. The zero-order chi connectivity index (χ0) is 11.2. The molecule has 1 aliphatic heterocycles. The van der Waals surface area contributed by atoms with Crippen LogP contribution in [-0.2, 0) is 6.54 Å². The third kappa shape index (κ3) is 3.54. The molecule has 0 bridgehead atoms. The van der Waals surface area contributed by atoms with Crippen molar-refractivity contribution in [1.82, 2.24) is 20.4 Å². The Balaban J connectivity index is 1.91. The molecule has 1 N–H and O–H groups in total. The summed E-state index contributed by atoms with van der Waals surface area (Å²) in [6, 6.07) is 4.01. The lowest BCUT2D eigenvalue weighted by Crippen LogP contribution is -2.38. The van der Waals surface area contributed by atoms with Gasteiger partial charge in [-0.3, -0.25) is 4.90 Å². The molecule has 16 heavy (non-hydrogen) atoms. The van der Waals surface area contributed by atoms with Crippen LogP contribution in [0.3, 0.4) is 0 Å². The van der Waals surface area contributed by atoms with E-state index in [2.05, 4.69) is 33.4 Å². The second kappa shape index (κ2) is 5.92. The quantitative estimate of drug-likeness (QED) is 0.804. The van der Waals surface area contributed by atoms with E-state index in [0.717, 1.165) is 38.4 Å². The minimum absolute atomic E-state index is 0.706. The Morgan fingerprint density at radius 1 is 1.56 bits per heavy atom. The summed E-state index contributed by atoms with van der Waals surface area (Å²) in [5.41, 5.74) is 1.07. The van der Waals surface area contributed by atoms with Crippen molar-refractivity contribution in [2.45, 2.75) is 19.9 Å². The highest BCUT2D eigenvalue weighted by Crippen LogP contribution is 2.07. The van der Waals surface area contributed by atoms with Crippen LogP contribution in [0.1, 0.15) is 19.0 Å². The van der Waals surface area contributed by atoms with Crippen molar-refractivity contribution in [2.24, 2.45) is 5.92 Å². The standard InChI is InChI=1S/C12H20N4/c1-11-8-13-5-3-7-16(9-11)10-12-4-2-6-14-15-12/h2,4,6,11,13H,3,5,7-10H2,1H3. The zero-order valence-electron chi connectivity index (χ0n) is 9.89. The topological polar surface area (TPSA) is 41.0 Å². The van der Waals surface area contributed by atoms with Crippen molar-refractivity contribution in [1.29, 1.82) is 0 Å². The fourth-order valence-electron chi connectivity index (χ4n) is 2.16. The predicted octanol–water partition coefficient (Wildman–Crippen LogP) is 0.908. The third-order valence-electron chi connectivity index (χ3n) is 2.90. The lowest BCUT2D eigenvalue weighted by Gasteiger charge is -2.28. The lowest BCUT2D eigenvalue weighted by atomic mass is 10.1. The molecule has 4 nitrogen and oxygen atoms in total. The van der Waals surface area contributed by atoms with E-state index >= 15 is 0 Å². The van der Waals surface area contributed by atoms with Gasteiger partial charge in [0.25, 0.3) is 0 Å². The fraction of sp³-hybridized carbons (Fsp3) is 0.667. The lowest BCUT2D eigenvalue weighted by molar-refractivity contribution is 0.206. The van der Waals surface area contributed by atoms with Gasteiger partial charge >= 0.3 is 0 Å². The van der Waals surface area contributed by atoms with E-state index in [1.807, 2.05) is 6.07 Å². The summed E-state index contributed by atoms with van der Waals surface area (Å²) in [5.74, 6) is 0.706. The summed E-state index contributed by atoms with van der Waals surface area (Å²) in [7, 11) is 0. The largest absolute Gasteiger partial charge is 0.316 e. The van der Waals surface area contributed by atoms with Gasteiger partial charge in [-0.15, -0.1) is 0 Å². The van der Waals surface area contributed by atoms with Crippen molar-refractivity contribution < 1.29 is 0 Å². The first-order chi connectivity index (χ1) is 7.84. The molecule has 0 aliphatic carbocycles. The molecule has 0 aromatic carbocycles. The Kier molecular flexibility index (Phi) is 4.25. The minimum atomic E-state index is 0.706. The monoisotopic (exact) mass is 220 g/mol. The molecule has 0 saturated carbocycles. The molecule has 1 aromatic heterocycles. The average Bonchev–Trinajstić information content (AvgIpc) is 2.27. The molecular formula is C12H20N4. The highest BCUT2D eigenvalue weighted by atomic mass is 15.2. The molecule has 1 fully saturated rings. The van der Waals surface area contributed by atoms with Crippen LogP contribution < -0.4 is 5.32 Å².